The second-order valence-electron chi connectivity index (χ2n) is 3.11. The third-order valence-corrected chi connectivity index (χ3v) is 1.97. The van der Waals surface area contributed by atoms with Gasteiger partial charge in [-0.15, -0.1) is 0 Å². The van der Waals surface area contributed by atoms with Gasteiger partial charge in [0, 0.05) is 13.2 Å². The molecule has 0 aliphatic heterocycles. The van der Waals surface area contributed by atoms with Gasteiger partial charge in [-0.05, 0) is 19.4 Å². The Bertz CT molecular complexity index is 429. The number of hydrogen-bond donors (Lipinski definition) is 0. The third kappa shape index (κ3) is 0.897. The van der Waals surface area contributed by atoms with Gasteiger partial charge in [0.15, 0.2) is 5.65 Å². The van der Waals surface area contributed by atoms with Crippen molar-refractivity contribution in [3.63, 3.8) is 0 Å². The molecule has 0 fully saturated rings. The van der Waals surface area contributed by atoms with Crippen LogP contribution in [0.3, 0.4) is 0 Å². The fraction of sp³-hybridized carbons (Fsp3) is 0.333. The molecule has 0 saturated carbocycles. The van der Waals surface area contributed by atoms with E-state index >= 15 is 0 Å². The second kappa shape index (κ2) is 2.30. The van der Waals surface area contributed by atoms with Gasteiger partial charge in [0.2, 0.25) is 0 Å². The molecule has 0 N–H and O–H groups in total. The van der Waals surface area contributed by atoms with Crippen molar-refractivity contribution in [2.24, 2.45) is 7.05 Å². The lowest BCUT2D eigenvalue weighted by molar-refractivity contribution is 0.940. The zero-order valence-electron chi connectivity index (χ0n) is 7.50. The minimum atomic E-state index is 0.957. The maximum atomic E-state index is 4.41. The van der Waals surface area contributed by atoms with E-state index in [1.54, 1.807) is 6.20 Å². The molecule has 0 amide bonds. The fourth-order valence-electron chi connectivity index (χ4n) is 1.41. The Kier molecular flexibility index (Phi) is 1.40. The molecule has 0 aliphatic carbocycles. The van der Waals surface area contributed by atoms with E-state index in [0.29, 0.717) is 0 Å². The number of aryl methyl sites for hydroxylation is 3. The number of hydrogen-bond acceptors (Lipinski definition) is 2. The summed E-state index contributed by atoms with van der Waals surface area (Å²) in [5.74, 6) is 0. The van der Waals surface area contributed by atoms with Crippen molar-refractivity contribution in [3.05, 3.63) is 23.7 Å². The highest BCUT2D eigenvalue weighted by atomic mass is 15.0. The molecule has 0 atom stereocenters. The molecule has 0 aromatic carbocycles. The Morgan fingerprint density at radius 2 is 2.08 bits per heavy atom. The van der Waals surface area contributed by atoms with Crippen LogP contribution >= 0.6 is 0 Å². The zero-order chi connectivity index (χ0) is 8.72. The summed E-state index contributed by atoms with van der Waals surface area (Å²) in [5, 5.41) is 0. The molecule has 3 nitrogen and oxygen atoms in total. The number of nitrogens with zero attached hydrogens (tertiary/aromatic N) is 3. The van der Waals surface area contributed by atoms with Crippen molar-refractivity contribution in [2.45, 2.75) is 13.8 Å². The molecule has 2 aromatic rings. The minimum absolute atomic E-state index is 0.957. The van der Waals surface area contributed by atoms with Gasteiger partial charge in [0.1, 0.15) is 5.52 Å². The van der Waals surface area contributed by atoms with E-state index in [9.17, 15) is 0 Å². The van der Waals surface area contributed by atoms with E-state index in [4.69, 9.17) is 0 Å². The first-order valence-corrected chi connectivity index (χ1v) is 3.94. The highest BCUT2D eigenvalue weighted by molar-refractivity contribution is 5.75. The third-order valence-electron chi connectivity index (χ3n) is 1.97. The quantitative estimate of drug-likeness (QED) is 0.587. The normalized spacial score (nSPS) is 10.9. The Hall–Kier alpha value is -1.38. The van der Waals surface area contributed by atoms with Gasteiger partial charge in [0.25, 0.3) is 0 Å². The lowest BCUT2D eigenvalue weighted by Crippen LogP contribution is -1.90. The standard InChI is InChI=1S/C9H11N3/c1-6-5-12(3)9-8(6)11-7(2)4-10-9/h4-5H,1-3H3. The smallest absolute Gasteiger partial charge is 0.158 e. The van der Waals surface area contributed by atoms with Crippen LogP contribution in [0, 0.1) is 13.8 Å². The lowest BCUT2D eigenvalue weighted by atomic mass is 10.3. The van der Waals surface area contributed by atoms with Gasteiger partial charge in [-0.3, -0.25) is 0 Å². The van der Waals surface area contributed by atoms with Gasteiger partial charge >= 0.3 is 0 Å². The number of rotatable bonds is 0. The maximum Gasteiger partial charge on any atom is 0.158 e. The average molecular weight is 161 g/mol. The van der Waals surface area contributed by atoms with Crippen molar-refractivity contribution in [1.82, 2.24) is 14.5 Å². The fourth-order valence-corrected chi connectivity index (χ4v) is 1.41. The van der Waals surface area contributed by atoms with Crippen LogP contribution in [0.2, 0.25) is 0 Å². The first-order valence-electron chi connectivity index (χ1n) is 3.94. The summed E-state index contributed by atoms with van der Waals surface area (Å²) in [4.78, 5) is 8.71. The van der Waals surface area contributed by atoms with Gasteiger partial charge in [0.05, 0.1) is 11.9 Å². The highest BCUT2D eigenvalue weighted by Crippen LogP contribution is 2.14. The van der Waals surface area contributed by atoms with Crippen LogP contribution in [0.15, 0.2) is 12.4 Å². The summed E-state index contributed by atoms with van der Waals surface area (Å²) < 4.78 is 2.00. The monoisotopic (exact) mass is 161 g/mol. The van der Waals surface area contributed by atoms with Gasteiger partial charge in [-0.1, -0.05) is 0 Å². The molecule has 12 heavy (non-hydrogen) atoms. The lowest BCUT2D eigenvalue weighted by Gasteiger charge is -1.94. The molecular weight excluding hydrogens is 150 g/mol. The molecule has 0 aliphatic rings. The van der Waals surface area contributed by atoms with Crippen molar-refractivity contribution >= 4 is 11.2 Å². The van der Waals surface area contributed by atoms with E-state index in [0.717, 1.165) is 16.9 Å². The summed E-state index contributed by atoms with van der Waals surface area (Å²) in [6, 6.07) is 0. The van der Waals surface area contributed by atoms with Crippen molar-refractivity contribution in [2.75, 3.05) is 0 Å². The summed E-state index contributed by atoms with van der Waals surface area (Å²) in [7, 11) is 1.99. The van der Waals surface area contributed by atoms with Crippen LogP contribution in [-0.2, 0) is 7.05 Å². The van der Waals surface area contributed by atoms with E-state index in [2.05, 4.69) is 16.9 Å². The van der Waals surface area contributed by atoms with Crippen molar-refractivity contribution < 1.29 is 0 Å². The van der Waals surface area contributed by atoms with Crippen LogP contribution in [0.1, 0.15) is 11.3 Å². The van der Waals surface area contributed by atoms with E-state index in [1.165, 1.54) is 5.56 Å². The molecule has 2 aromatic heterocycles. The minimum Gasteiger partial charge on any atom is -0.334 e. The van der Waals surface area contributed by atoms with Crippen LogP contribution < -0.4 is 0 Å². The Labute approximate surface area is 71.1 Å². The van der Waals surface area contributed by atoms with Crippen LogP contribution in [0.25, 0.3) is 11.2 Å². The van der Waals surface area contributed by atoms with E-state index in [1.807, 2.05) is 24.7 Å². The Morgan fingerprint density at radius 3 is 2.83 bits per heavy atom. The summed E-state index contributed by atoms with van der Waals surface area (Å²) in [6.45, 7) is 4.01. The van der Waals surface area contributed by atoms with E-state index < -0.39 is 0 Å². The molecule has 0 saturated heterocycles. The second-order valence-corrected chi connectivity index (χ2v) is 3.11. The average Bonchev–Trinajstić information content (AvgIpc) is 2.28. The van der Waals surface area contributed by atoms with Crippen LogP contribution in [-0.4, -0.2) is 14.5 Å². The molecule has 62 valence electrons. The molecule has 3 heteroatoms. The molecule has 0 bridgehead atoms. The number of aromatic nitrogens is 3. The summed E-state index contributed by atoms with van der Waals surface area (Å²) in [6.07, 6.45) is 3.84. The first kappa shape index (κ1) is 7.28. The van der Waals surface area contributed by atoms with E-state index in [-0.39, 0.29) is 0 Å². The highest BCUT2D eigenvalue weighted by Gasteiger charge is 2.04. The Morgan fingerprint density at radius 1 is 1.33 bits per heavy atom. The SMILES string of the molecule is Cc1cnc2c(n1)c(C)cn2C. The number of fused-ring (bicyclic) bond motifs is 1. The summed E-state index contributed by atoms with van der Waals surface area (Å²) >= 11 is 0. The van der Waals surface area contributed by atoms with Gasteiger partial charge in [-0.25, -0.2) is 9.97 Å². The molecule has 2 rings (SSSR count). The molecule has 2 heterocycles. The maximum absolute atomic E-state index is 4.41. The first-order chi connectivity index (χ1) is 5.68. The predicted octanol–water partition coefficient (Wildman–Crippen LogP) is 1.59. The van der Waals surface area contributed by atoms with Crippen LogP contribution in [0.5, 0.6) is 0 Å². The molecule has 0 spiro atoms. The van der Waals surface area contributed by atoms with Crippen LogP contribution in [0.4, 0.5) is 0 Å². The topological polar surface area (TPSA) is 30.7 Å². The zero-order valence-corrected chi connectivity index (χ0v) is 7.50. The van der Waals surface area contributed by atoms with Gasteiger partial charge < -0.3 is 4.57 Å². The van der Waals surface area contributed by atoms with Gasteiger partial charge in [-0.2, -0.15) is 0 Å². The van der Waals surface area contributed by atoms with Crippen molar-refractivity contribution in [3.8, 4) is 0 Å². The Balaban J connectivity index is 2.90. The predicted molar refractivity (Wildman–Crippen MR) is 48.0 cm³/mol. The molecule has 0 radical (unpaired) electrons. The molecule has 0 unspecified atom stereocenters. The molecular formula is C9H11N3. The summed E-state index contributed by atoms with van der Waals surface area (Å²) in [5.41, 5.74) is 4.12. The van der Waals surface area contributed by atoms with Crippen molar-refractivity contribution in [1.29, 1.82) is 0 Å². The largest absolute Gasteiger partial charge is 0.334 e.